The molecule has 22 heavy (non-hydrogen) atoms. The minimum Gasteiger partial charge on any atom is -0.356 e. The highest BCUT2D eigenvalue weighted by molar-refractivity contribution is 7.80. The van der Waals surface area contributed by atoms with Crippen molar-refractivity contribution in [1.82, 2.24) is 10.3 Å². The third-order valence-electron chi connectivity index (χ3n) is 3.37. The van der Waals surface area contributed by atoms with Gasteiger partial charge in [0.1, 0.15) is 5.82 Å². The van der Waals surface area contributed by atoms with Crippen LogP contribution in [0.4, 0.5) is 5.82 Å². The zero-order chi connectivity index (χ0) is 15.9. The summed E-state index contributed by atoms with van der Waals surface area (Å²) in [5.41, 5.74) is 2.40. The van der Waals surface area contributed by atoms with Gasteiger partial charge in [-0.15, -0.1) is 0 Å². The lowest BCUT2D eigenvalue weighted by molar-refractivity contribution is 0.481. The van der Waals surface area contributed by atoms with Crippen molar-refractivity contribution in [2.24, 2.45) is 5.92 Å². The first kappa shape index (κ1) is 16.4. The summed E-state index contributed by atoms with van der Waals surface area (Å²) >= 11 is 5.45. The molecule has 1 atom stereocenters. The van der Waals surface area contributed by atoms with Crippen LogP contribution in [0.3, 0.4) is 0 Å². The van der Waals surface area contributed by atoms with E-state index in [9.17, 15) is 0 Å². The van der Waals surface area contributed by atoms with Crippen LogP contribution in [-0.2, 0) is 0 Å². The zero-order valence-electron chi connectivity index (χ0n) is 13.3. The molecular formula is C18H23N3S. The Hall–Kier alpha value is -1.94. The van der Waals surface area contributed by atoms with E-state index in [0.29, 0.717) is 11.0 Å². The lowest BCUT2D eigenvalue weighted by atomic mass is 9.97. The van der Waals surface area contributed by atoms with Gasteiger partial charge < -0.3 is 10.6 Å². The van der Waals surface area contributed by atoms with Gasteiger partial charge in [-0.3, -0.25) is 0 Å². The molecule has 1 heterocycles. The average molecular weight is 313 g/mol. The molecule has 0 spiro atoms. The molecule has 0 saturated heterocycles. The normalized spacial score (nSPS) is 12.0. The van der Waals surface area contributed by atoms with E-state index in [1.165, 1.54) is 5.56 Å². The summed E-state index contributed by atoms with van der Waals surface area (Å²) in [4.78, 5) is 4.28. The van der Waals surface area contributed by atoms with E-state index >= 15 is 0 Å². The first-order valence-corrected chi connectivity index (χ1v) is 8.00. The fourth-order valence-electron chi connectivity index (χ4n) is 2.35. The van der Waals surface area contributed by atoms with Crippen molar-refractivity contribution in [1.29, 1.82) is 0 Å². The molecule has 2 N–H and O–H groups in total. The molecule has 0 fully saturated rings. The van der Waals surface area contributed by atoms with E-state index in [1.807, 2.05) is 25.1 Å². The summed E-state index contributed by atoms with van der Waals surface area (Å²) in [6.07, 6.45) is 2.80. The predicted molar refractivity (Wildman–Crippen MR) is 97.0 cm³/mol. The van der Waals surface area contributed by atoms with Crippen LogP contribution in [-0.4, -0.2) is 10.1 Å². The highest BCUT2D eigenvalue weighted by atomic mass is 32.1. The number of benzene rings is 1. The van der Waals surface area contributed by atoms with Crippen LogP contribution in [0.1, 0.15) is 37.4 Å². The SMILES string of the molecule is Cc1ccnc(NC(=S)NC(CC(C)C)c2ccccc2)c1. The van der Waals surface area contributed by atoms with E-state index in [0.717, 1.165) is 17.8 Å². The molecule has 2 aromatic rings. The summed E-state index contributed by atoms with van der Waals surface area (Å²) in [7, 11) is 0. The minimum atomic E-state index is 0.200. The Morgan fingerprint density at radius 3 is 2.55 bits per heavy atom. The number of anilines is 1. The maximum absolute atomic E-state index is 5.45. The highest BCUT2D eigenvalue weighted by Gasteiger charge is 2.14. The lowest BCUT2D eigenvalue weighted by Crippen LogP contribution is -2.33. The van der Waals surface area contributed by atoms with Crippen LogP contribution in [0.2, 0.25) is 0 Å². The fraction of sp³-hybridized carbons (Fsp3) is 0.333. The number of nitrogens with one attached hydrogen (secondary N) is 2. The molecule has 0 bridgehead atoms. The predicted octanol–water partition coefficient (Wildman–Crippen LogP) is 4.46. The molecule has 0 amide bonds. The maximum Gasteiger partial charge on any atom is 0.172 e. The summed E-state index contributed by atoms with van der Waals surface area (Å²) in [5.74, 6) is 1.35. The molecule has 0 saturated carbocycles. The minimum absolute atomic E-state index is 0.200. The standard InChI is InChI=1S/C18H23N3S/c1-13(2)11-16(15-7-5-4-6-8-15)20-18(22)21-17-12-14(3)9-10-19-17/h4-10,12-13,16H,11H2,1-3H3,(H2,19,20,21,22). The Kier molecular flexibility index (Phi) is 5.90. The van der Waals surface area contributed by atoms with E-state index in [2.05, 4.69) is 53.7 Å². The monoisotopic (exact) mass is 313 g/mol. The number of rotatable bonds is 5. The number of thiocarbonyl (C=S) groups is 1. The van der Waals surface area contributed by atoms with Crippen LogP contribution in [0, 0.1) is 12.8 Å². The Bertz CT molecular complexity index is 611. The van der Waals surface area contributed by atoms with Crippen molar-refractivity contribution in [3.8, 4) is 0 Å². The molecule has 0 aliphatic carbocycles. The molecule has 4 heteroatoms. The van der Waals surface area contributed by atoms with Gasteiger partial charge in [0.2, 0.25) is 0 Å². The summed E-state index contributed by atoms with van der Waals surface area (Å²) < 4.78 is 0. The van der Waals surface area contributed by atoms with E-state index < -0.39 is 0 Å². The average Bonchev–Trinajstić information content (AvgIpc) is 2.47. The Balaban J connectivity index is 2.05. The van der Waals surface area contributed by atoms with Gasteiger partial charge in [-0.05, 0) is 54.7 Å². The summed E-state index contributed by atoms with van der Waals surface area (Å²) in [6, 6.07) is 14.6. The summed E-state index contributed by atoms with van der Waals surface area (Å²) in [6.45, 7) is 6.47. The van der Waals surface area contributed by atoms with Crippen LogP contribution in [0.15, 0.2) is 48.7 Å². The van der Waals surface area contributed by atoms with E-state index in [4.69, 9.17) is 12.2 Å². The van der Waals surface area contributed by atoms with Gasteiger partial charge in [0.25, 0.3) is 0 Å². The zero-order valence-corrected chi connectivity index (χ0v) is 14.2. The molecule has 0 aliphatic rings. The second-order valence-electron chi connectivity index (χ2n) is 5.91. The Labute approximate surface area is 138 Å². The summed E-state index contributed by atoms with van der Waals surface area (Å²) in [5, 5.41) is 7.18. The fourth-order valence-corrected chi connectivity index (χ4v) is 2.60. The van der Waals surface area contributed by atoms with Crippen molar-refractivity contribution in [2.75, 3.05) is 5.32 Å². The van der Waals surface area contributed by atoms with Gasteiger partial charge in [-0.1, -0.05) is 44.2 Å². The van der Waals surface area contributed by atoms with Gasteiger partial charge in [0.15, 0.2) is 5.11 Å². The second-order valence-corrected chi connectivity index (χ2v) is 6.32. The molecule has 1 aromatic heterocycles. The van der Waals surface area contributed by atoms with E-state index in [1.54, 1.807) is 6.20 Å². The van der Waals surface area contributed by atoms with Crippen LogP contribution in [0.5, 0.6) is 0 Å². The number of aryl methyl sites for hydroxylation is 1. The topological polar surface area (TPSA) is 37.0 Å². The molecule has 3 nitrogen and oxygen atoms in total. The Morgan fingerprint density at radius 2 is 1.91 bits per heavy atom. The second kappa shape index (κ2) is 7.90. The van der Waals surface area contributed by atoms with Gasteiger partial charge in [0.05, 0.1) is 6.04 Å². The number of aromatic nitrogens is 1. The number of pyridine rings is 1. The molecule has 1 unspecified atom stereocenters. The maximum atomic E-state index is 5.45. The van der Waals surface area contributed by atoms with Crippen molar-refractivity contribution >= 4 is 23.1 Å². The lowest BCUT2D eigenvalue weighted by Gasteiger charge is -2.23. The number of nitrogens with zero attached hydrogens (tertiary/aromatic N) is 1. The molecule has 1 aromatic carbocycles. The third-order valence-corrected chi connectivity index (χ3v) is 3.59. The molecule has 0 aliphatic heterocycles. The Morgan fingerprint density at radius 1 is 1.18 bits per heavy atom. The van der Waals surface area contributed by atoms with Crippen molar-refractivity contribution < 1.29 is 0 Å². The van der Waals surface area contributed by atoms with Crippen LogP contribution in [0.25, 0.3) is 0 Å². The highest BCUT2D eigenvalue weighted by Crippen LogP contribution is 2.21. The van der Waals surface area contributed by atoms with E-state index in [-0.39, 0.29) is 6.04 Å². The van der Waals surface area contributed by atoms with Gasteiger partial charge in [-0.2, -0.15) is 0 Å². The first-order chi connectivity index (χ1) is 10.5. The largest absolute Gasteiger partial charge is 0.356 e. The molecule has 2 rings (SSSR count). The van der Waals surface area contributed by atoms with Crippen LogP contribution < -0.4 is 10.6 Å². The van der Waals surface area contributed by atoms with Crippen molar-refractivity contribution in [3.63, 3.8) is 0 Å². The molecule has 0 radical (unpaired) electrons. The van der Waals surface area contributed by atoms with Crippen LogP contribution >= 0.6 is 12.2 Å². The van der Waals surface area contributed by atoms with Crippen molar-refractivity contribution in [3.05, 3.63) is 59.8 Å². The third kappa shape index (κ3) is 5.11. The smallest absolute Gasteiger partial charge is 0.172 e. The molecule has 116 valence electrons. The first-order valence-electron chi connectivity index (χ1n) is 7.59. The number of hydrogen-bond donors (Lipinski definition) is 2. The number of hydrogen-bond acceptors (Lipinski definition) is 2. The molecular weight excluding hydrogens is 290 g/mol. The quantitative estimate of drug-likeness (QED) is 0.799. The van der Waals surface area contributed by atoms with Gasteiger partial charge in [0, 0.05) is 6.20 Å². The van der Waals surface area contributed by atoms with Crippen molar-refractivity contribution in [2.45, 2.75) is 33.2 Å². The van der Waals surface area contributed by atoms with Gasteiger partial charge in [-0.25, -0.2) is 4.98 Å². The van der Waals surface area contributed by atoms with Gasteiger partial charge >= 0.3 is 0 Å².